The Labute approximate surface area is 187 Å². The molecule has 1 aliphatic rings. The van der Waals surface area contributed by atoms with Crippen LogP contribution in [0.4, 0.5) is 0 Å². The Morgan fingerprint density at radius 2 is 1.63 bits per heavy atom. The molecule has 1 saturated heterocycles. The number of hydrogen-bond acceptors (Lipinski definition) is 3. The van der Waals surface area contributed by atoms with Crippen LogP contribution in [0.3, 0.4) is 0 Å². The number of benzene rings is 2. The van der Waals surface area contributed by atoms with E-state index < -0.39 is 0 Å². The highest BCUT2D eigenvalue weighted by molar-refractivity contribution is 6.42. The summed E-state index contributed by atoms with van der Waals surface area (Å²) in [5.41, 5.74) is 2.17. The average Bonchev–Trinajstić information content (AvgIpc) is 2.76. The summed E-state index contributed by atoms with van der Waals surface area (Å²) < 4.78 is 0. The minimum atomic E-state index is 0.0141. The van der Waals surface area contributed by atoms with Gasteiger partial charge in [-0.2, -0.15) is 0 Å². The van der Waals surface area contributed by atoms with Crippen LogP contribution >= 0.6 is 23.2 Å². The maximum atomic E-state index is 12.5. The highest BCUT2D eigenvalue weighted by atomic mass is 35.5. The zero-order valence-electron chi connectivity index (χ0n) is 16.9. The number of aryl methyl sites for hydroxylation is 1. The molecule has 160 valence electrons. The molecule has 30 heavy (non-hydrogen) atoms. The Bertz CT molecular complexity index is 853. The lowest BCUT2D eigenvalue weighted by molar-refractivity contribution is -0.133. The Kier molecular flexibility index (Phi) is 8.55. The third kappa shape index (κ3) is 7.01. The molecule has 1 fully saturated rings. The Hall–Kier alpha value is -2.08. The van der Waals surface area contributed by atoms with Crippen LogP contribution in [0.5, 0.6) is 0 Å². The topological polar surface area (TPSA) is 52.7 Å². The monoisotopic (exact) mass is 447 g/mol. The molecule has 5 nitrogen and oxygen atoms in total. The second kappa shape index (κ2) is 11.3. The van der Waals surface area contributed by atoms with Crippen molar-refractivity contribution in [3.05, 3.63) is 69.7 Å². The van der Waals surface area contributed by atoms with Gasteiger partial charge in [0, 0.05) is 39.1 Å². The van der Waals surface area contributed by atoms with Crippen LogP contribution in [0.15, 0.2) is 48.5 Å². The first-order valence-electron chi connectivity index (χ1n) is 10.3. The lowest BCUT2D eigenvalue weighted by Gasteiger charge is -2.34. The fourth-order valence-corrected chi connectivity index (χ4v) is 3.83. The molecule has 0 unspecified atom stereocenters. The molecule has 1 aliphatic heterocycles. The van der Waals surface area contributed by atoms with Crippen molar-refractivity contribution < 1.29 is 9.59 Å². The largest absolute Gasteiger partial charge is 0.351 e. The highest BCUT2D eigenvalue weighted by Crippen LogP contribution is 2.23. The van der Waals surface area contributed by atoms with E-state index >= 15 is 0 Å². The van der Waals surface area contributed by atoms with Crippen molar-refractivity contribution in [2.24, 2.45) is 0 Å². The number of amides is 2. The van der Waals surface area contributed by atoms with E-state index in [0.29, 0.717) is 42.6 Å². The molecule has 0 aromatic heterocycles. The van der Waals surface area contributed by atoms with E-state index in [-0.39, 0.29) is 11.8 Å². The standard InChI is InChI=1S/C23H27Cl2N3O2/c24-20-10-9-18(15-21(20)25)7-4-8-23(30)28-13-11-27(12-14-28)17-22(29)26-16-19-5-2-1-3-6-19/h1-3,5-6,9-10,15H,4,7-8,11-14,16-17H2,(H,26,29). The van der Waals surface area contributed by atoms with Gasteiger partial charge in [-0.1, -0.05) is 59.6 Å². The van der Waals surface area contributed by atoms with Crippen LogP contribution in [-0.4, -0.2) is 54.3 Å². The van der Waals surface area contributed by atoms with Gasteiger partial charge >= 0.3 is 0 Å². The van der Waals surface area contributed by atoms with Crippen LogP contribution in [0, 0.1) is 0 Å². The summed E-state index contributed by atoms with van der Waals surface area (Å²) >= 11 is 12.0. The quantitative estimate of drug-likeness (QED) is 0.669. The maximum Gasteiger partial charge on any atom is 0.234 e. The van der Waals surface area contributed by atoms with Crippen molar-refractivity contribution in [3.63, 3.8) is 0 Å². The second-order valence-corrected chi connectivity index (χ2v) is 8.34. The van der Waals surface area contributed by atoms with Crippen molar-refractivity contribution in [2.45, 2.75) is 25.8 Å². The van der Waals surface area contributed by atoms with Gasteiger partial charge in [0.25, 0.3) is 0 Å². The van der Waals surface area contributed by atoms with Crippen LogP contribution in [0.1, 0.15) is 24.0 Å². The normalized spacial score (nSPS) is 14.5. The fraction of sp³-hybridized carbons (Fsp3) is 0.391. The first kappa shape index (κ1) is 22.6. The molecular formula is C23H27Cl2N3O2. The second-order valence-electron chi connectivity index (χ2n) is 7.52. The SMILES string of the molecule is O=C(CN1CCN(C(=O)CCCc2ccc(Cl)c(Cl)c2)CC1)NCc1ccccc1. The first-order valence-corrected chi connectivity index (χ1v) is 11.0. The number of piperazine rings is 1. The lowest BCUT2D eigenvalue weighted by atomic mass is 10.1. The van der Waals surface area contributed by atoms with E-state index in [1.165, 1.54) is 0 Å². The van der Waals surface area contributed by atoms with Crippen molar-refractivity contribution >= 4 is 35.0 Å². The van der Waals surface area contributed by atoms with Gasteiger partial charge < -0.3 is 10.2 Å². The number of halogens is 2. The summed E-state index contributed by atoms with van der Waals surface area (Å²) in [5, 5.41) is 4.04. The molecule has 0 bridgehead atoms. The van der Waals surface area contributed by atoms with Gasteiger partial charge in [-0.3, -0.25) is 14.5 Å². The van der Waals surface area contributed by atoms with Crippen LogP contribution in [0.2, 0.25) is 10.0 Å². The van der Waals surface area contributed by atoms with E-state index in [9.17, 15) is 9.59 Å². The number of rotatable bonds is 8. The predicted octanol–water partition coefficient (Wildman–Crippen LogP) is 3.78. The number of nitrogens with one attached hydrogen (secondary N) is 1. The Morgan fingerprint density at radius 1 is 0.900 bits per heavy atom. The summed E-state index contributed by atoms with van der Waals surface area (Å²) in [6.45, 7) is 3.67. The van der Waals surface area contributed by atoms with Crippen molar-refractivity contribution in [2.75, 3.05) is 32.7 Å². The van der Waals surface area contributed by atoms with Gasteiger partial charge in [-0.15, -0.1) is 0 Å². The molecule has 0 spiro atoms. The van der Waals surface area contributed by atoms with Gasteiger partial charge in [0.2, 0.25) is 11.8 Å². The zero-order chi connectivity index (χ0) is 21.3. The van der Waals surface area contributed by atoms with E-state index in [1.54, 1.807) is 6.07 Å². The molecule has 2 amide bonds. The Balaban J connectivity index is 1.32. The molecule has 0 atom stereocenters. The molecule has 0 aliphatic carbocycles. The number of carbonyl (C=O) groups is 2. The fourth-order valence-electron chi connectivity index (χ4n) is 3.51. The van der Waals surface area contributed by atoms with Crippen molar-refractivity contribution in [3.8, 4) is 0 Å². The minimum absolute atomic E-state index is 0.0141. The summed E-state index contributed by atoms with van der Waals surface area (Å²) in [6.07, 6.45) is 2.08. The molecule has 0 radical (unpaired) electrons. The van der Waals surface area contributed by atoms with Crippen molar-refractivity contribution in [1.29, 1.82) is 0 Å². The van der Waals surface area contributed by atoms with Gasteiger partial charge in [0.15, 0.2) is 0 Å². The Morgan fingerprint density at radius 3 is 2.33 bits per heavy atom. The maximum absolute atomic E-state index is 12.5. The van der Waals surface area contributed by atoms with Crippen LogP contribution in [0.25, 0.3) is 0 Å². The highest BCUT2D eigenvalue weighted by Gasteiger charge is 2.22. The number of hydrogen-bond donors (Lipinski definition) is 1. The van der Waals surface area contributed by atoms with E-state index in [4.69, 9.17) is 23.2 Å². The van der Waals surface area contributed by atoms with Crippen molar-refractivity contribution in [1.82, 2.24) is 15.1 Å². The molecule has 2 aromatic rings. The average molecular weight is 448 g/mol. The predicted molar refractivity (Wildman–Crippen MR) is 121 cm³/mol. The molecule has 0 saturated carbocycles. The van der Waals surface area contributed by atoms with E-state index in [2.05, 4.69) is 10.2 Å². The molecular weight excluding hydrogens is 421 g/mol. The smallest absolute Gasteiger partial charge is 0.234 e. The van der Waals surface area contributed by atoms with Gasteiger partial charge in [0.1, 0.15) is 0 Å². The molecule has 3 rings (SSSR count). The van der Waals surface area contributed by atoms with E-state index in [0.717, 1.165) is 37.1 Å². The first-order chi connectivity index (χ1) is 14.5. The van der Waals surface area contributed by atoms with E-state index in [1.807, 2.05) is 47.4 Å². The van der Waals surface area contributed by atoms with Gasteiger partial charge in [-0.05, 0) is 36.1 Å². The minimum Gasteiger partial charge on any atom is -0.351 e. The summed E-state index contributed by atoms with van der Waals surface area (Å²) in [6, 6.07) is 15.5. The summed E-state index contributed by atoms with van der Waals surface area (Å²) in [5.74, 6) is 0.184. The zero-order valence-corrected chi connectivity index (χ0v) is 18.5. The third-order valence-electron chi connectivity index (χ3n) is 5.26. The van der Waals surface area contributed by atoms with Crippen LogP contribution in [-0.2, 0) is 22.6 Å². The van der Waals surface area contributed by atoms with Gasteiger partial charge in [-0.25, -0.2) is 0 Å². The summed E-state index contributed by atoms with van der Waals surface area (Å²) in [7, 11) is 0. The van der Waals surface area contributed by atoms with Gasteiger partial charge in [0.05, 0.1) is 16.6 Å². The molecule has 1 heterocycles. The number of carbonyl (C=O) groups excluding carboxylic acids is 2. The van der Waals surface area contributed by atoms with Crippen LogP contribution < -0.4 is 5.32 Å². The molecule has 1 N–H and O–H groups in total. The molecule has 2 aromatic carbocycles. The third-order valence-corrected chi connectivity index (χ3v) is 6.00. The lowest BCUT2D eigenvalue weighted by Crippen LogP contribution is -2.51. The summed E-state index contributed by atoms with van der Waals surface area (Å²) in [4.78, 5) is 28.6. The molecule has 7 heteroatoms. The number of nitrogens with zero attached hydrogens (tertiary/aromatic N) is 2.